The summed E-state index contributed by atoms with van der Waals surface area (Å²) in [6, 6.07) is 0.839. The average molecular weight is 311 g/mol. The van der Waals surface area contributed by atoms with Crippen LogP contribution in [0.3, 0.4) is 0 Å². The monoisotopic (exact) mass is 310 g/mol. The molecular weight excluding hydrogens is 302 g/mol. The van der Waals surface area contributed by atoms with Crippen molar-refractivity contribution in [2.75, 3.05) is 6.61 Å². The van der Waals surface area contributed by atoms with E-state index < -0.39 is 37.1 Å². The summed E-state index contributed by atoms with van der Waals surface area (Å²) >= 11 is 0. The fraction of sp³-hybridized carbons (Fsp3) is 0.364. The lowest BCUT2D eigenvalue weighted by molar-refractivity contribution is 0.0480. The predicted octanol–water partition coefficient (Wildman–Crippen LogP) is 2.46. The minimum Gasteiger partial charge on any atom is -0.462 e. The predicted molar refractivity (Wildman–Crippen MR) is 62.4 cm³/mol. The van der Waals surface area contributed by atoms with E-state index in [4.69, 9.17) is 15.4 Å². The molecule has 0 heterocycles. The molecule has 1 saturated carbocycles. The molecule has 0 saturated heterocycles. The van der Waals surface area contributed by atoms with E-state index in [1.807, 2.05) is 0 Å². The van der Waals surface area contributed by atoms with E-state index in [-0.39, 0.29) is 12.5 Å². The lowest BCUT2D eigenvalue weighted by Gasteiger charge is -2.07. The minimum absolute atomic E-state index is 0.138. The first-order chi connectivity index (χ1) is 8.79. The van der Waals surface area contributed by atoms with Crippen molar-refractivity contribution in [3.63, 3.8) is 0 Å². The Morgan fingerprint density at radius 1 is 1.32 bits per heavy atom. The van der Waals surface area contributed by atoms with Crippen LogP contribution in [0, 0.1) is 17.6 Å². The van der Waals surface area contributed by atoms with Crippen molar-refractivity contribution in [3.8, 4) is 0 Å². The Hall–Kier alpha value is -1.21. The second-order valence-corrected chi connectivity index (χ2v) is 6.78. The molecule has 104 valence electrons. The quantitative estimate of drug-likeness (QED) is 0.633. The van der Waals surface area contributed by atoms with Gasteiger partial charge in [-0.3, -0.25) is 0 Å². The van der Waals surface area contributed by atoms with Crippen LogP contribution in [0.15, 0.2) is 17.0 Å². The lowest BCUT2D eigenvalue weighted by Crippen LogP contribution is -2.11. The summed E-state index contributed by atoms with van der Waals surface area (Å²) in [7, 11) is 0.586. The summed E-state index contributed by atoms with van der Waals surface area (Å²) in [4.78, 5) is 10.6. The Morgan fingerprint density at radius 2 is 1.95 bits per heavy atom. The highest BCUT2D eigenvalue weighted by Gasteiger charge is 2.26. The van der Waals surface area contributed by atoms with Crippen molar-refractivity contribution < 1.29 is 26.7 Å². The van der Waals surface area contributed by atoms with Gasteiger partial charge in [0.15, 0.2) is 0 Å². The minimum atomic E-state index is -4.40. The van der Waals surface area contributed by atoms with Gasteiger partial charge in [0.05, 0.1) is 12.2 Å². The summed E-state index contributed by atoms with van der Waals surface area (Å²) in [5, 5.41) is 0. The van der Waals surface area contributed by atoms with Gasteiger partial charge < -0.3 is 4.74 Å². The van der Waals surface area contributed by atoms with Crippen molar-refractivity contribution in [2.45, 2.75) is 17.7 Å². The molecule has 19 heavy (non-hydrogen) atoms. The molecule has 0 radical (unpaired) electrons. The van der Waals surface area contributed by atoms with Crippen LogP contribution in [-0.4, -0.2) is 21.0 Å². The molecule has 1 aliphatic carbocycles. The van der Waals surface area contributed by atoms with E-state index in [0.717, 1.165) is 12.8 Å². The van der Waals surface area contributed by atoms with Gasteiger partial charge in [-0.05, 0) is 24.8 Å². The van der Waals surface area contributed by atoms with Gasteiger partial charge >= 0.3 is 5.97 Å². The smallest absolute Gasteiger partial charge is 0.341 e. The molecule has 0 N–H and O–H groups in total. The van der Waals surface area contributed by atoms with Crippen LogP contribution in [0.25, 0.3) is 0 Å². The van der Waals surface area contributed by atoms with Crippen LogP contribution < -0.4 is 0 Å². The maximum atomic E-state index is 13.4. The normalized spacial score (nSPS) is 15.3. The van der Waals surface area contributed by atoms with Gasteiger partial charge in [0.2, 0.25) is 0 Å². The van der Waals surface area contributed by atoms with Crippen molar-refractivity contribution in [1.29, 1.82) is 0 Å². The highest BCUT2D eigenvalue weighted by atomic mass is 35.7. The third kappa shape index (κ3) is 3.42. The molecule has 1 fully saturated rings. The van der Waals surface area contributed by atoms with E-state index >= 15 is 0 Å². The molecule has 1 aliphatic rings. The molecule has 4 nitrogen and oxygen atoms in total. The van der Waals surface area contributed by atoms with Gasteiger partial charge in [-0.15, -0.1) is 0 Å². The Bertz CT molecular complexity index is 626. The molecule has 0 unspecified atom stereocenters. The zero-order valence-electron chi connectivity index (χ0n) is 9.53. The van der Waals surface area contributed by atoms with E-state index in [9.17, 15) is 22.0 Å². The van der Waals surface area contributed by atoms with E-state index in [1.165, 1.54) is 0 Å². The zero-order chi connectivity index (χ0) is 14.2. The number of benzene rings is 1. The maximum Gasteiger partial charge on any atom is 0.341 e. The molecule has 0 atom stereocenters. The highest BCUT2D eigenvalue weighted by molar-refractivity contribution is 8.13. The van der Waals surface area contributed by atoms with E-state index in [2.05, 4.69) is 0 Å². The third-order valence-electron chi connectivity index (χ3n) is 2.65. The lowest BCUT2D eigenvalue weighted by atomic mass is 10.2. The van der Waals surface area contributed by atoms with Crippen LogP contribution in [0.2, 0.25) is 0 Å². The van der Waals surface area contributed by atoms with Crippen LogP contribution in [-0.2, 0) is 13.8 Å². The van der Waals surface area contributed by atoms with Gasteiger partial charge in [0, 0.05) is 16.7 Å². The van der Waals surface area contributed by atoms with Crippen LogP contribution in [0.5, 0.6) is 0 Å². The summed E-state index contributed by atoms with van der Waals surface area (Å²) < 4.78 is 53.6. The molecule has 8 heteroatoms. The largest absolute Gasteiger partial charge is 0.462 e. The zero-order valence-corrected chi connectivity index (χ0v) is 11.1. The second-order valence-electron chi connectivity index (χ2n) is 4.24. The summed E-state index contributed by atoms with van der Waals surface area (Å²) in [5.74, 6) is -3.32. The number of hydrogen-bond acceptors (Lipinski definition) is 4. The molecular formula is C11H9ClF2O4S. The maximum absolute atomic E-state index is 13.4. The highest BCUT2D eigenvalue weighted by Crippen LogP contribution is 2.29. The number of esters is 1. The number of carbonyl (C=O) groups is 1. The van der Waals surface area contributed by atoms with E-state index in [0.29, 0.717) is 12.1 Å². The Morgan fingerprint density at radius 3 is 2.47 bits per heavy atom. The third-order valence-corrected chi connectivity index (χ3v) is 3.99. The summed E-state index contributed by atoms with van der Waals surface area (Å²) in [6.45, 7) is 0.138. The SMILES string of the molecule is O=C(OCC1CC1)c1cc(S(=O)(=O)Cl)c(F)cc1F. The first-order valence-corrected chi connectivity index (χ1v) is 7.71. The number of halogens is 3. The van der Waals surface area contributed by atoms with Gasteiger partial charge in [-0.2, -0.15) is 0 Å². The fourth-order valence-electron chi connectivity index (χ4n) is 1.43. The molecule has 2 rings (SSSR count). The Labute approximate surface area is 112 Å². The summed E-state index contributed by atoms with van der Waals surface area (Å²) in [6.07, 6.45) is 1.86. The summed E-state index contributed by atoms with van der Waals surface area (Å²) in [5.41, 5.74) is -0.652. The molecule has 0 spiro atoms. The van der Waals surface area contributed by atoms with E-state index in [1.54, 1.807) is 0 Å². The van der Waals surface area contributed by atoms with Crippen LogP contribution >= 0.6 is 10.7 Å². The molecule has 0 aromatic heterocycles. The number of rotatable bonds is 4. The molecule has 0 bridgehead atoms. The van der Waals surface area contributed by atoms with Crippen LogP contribution in [0.4, 0.5) is 8.78 Å². The number of carbonyl (C=O) groups excluding carboxylic acids is 1. The van der Waals surface area contributed by atoms with Gasteiger partial charge in [-0.1, -0.05) is 0 Å². The van der Waals surface area contributed by atoms with Gasteiger partial charge in [-0.25, -0.2) is 22.0 Å². The number of ether oxygens (including phenoxy) is 1. The van der Waals surface area contributed by atoms with Crippen molar-refractivity contribution in [2.24, 2.45) is 5.92 Å². The van der Waals surface area contributed by atoms with Crippen molar-refractivity contribution in [1.82, 2.24) is 0 Å². The molecule has 1 aromatic carbocycles. The number of hydrogen-bond donors (Lipinski definition) is 0. The van der Waals surface area contributed by atoms with Gasteiger partial charge in [0.25, 0.3) is 9.05 Å². The average Bonchev–Trinajstić information content (AvgIpc) is 3.07. The Kier molecular flexibility index (Phi) is 3.78. The fourth-order valence-corrected chi connectivity index (χ4v) is 2.33. The standard InChI is InChI=1S/C11H9ClF2O4S/c12-19(16,17)10-3-7(8(13)4-9(10)14)11(15)18-5-6-1-2-6/h3-4,6H,1-2,5H2. The van der Waals surface area contributed by atoms with Crippen molar-refractivity contribution in [3.05, 3.63) is 29.3 Å². The topological polar surface area (TPSA) is 60.4 Å². The molecule has 1 aromatic rings. The Balaban J connectivity index is 2.30. The van der Waals surface area contributed by atoms with Crippen LogP contribution in [0.1, 0.15) is 23.2 Å². The molecule has 0 aliphatic heterocycles. The second kappa shape index (κ2) is 5.05. The van der Waals surface area contributed by atoms with Gasteiger partial charge in [0.1, 0.15) is 16.5 Å². The molecule has 0 amide bonds. The first-order valence-electron chi connectivity index (χ1n) is 5.40. The first kappa shape index (κ1) is 14.2. The van der Waals surface area contributed by atoms with Crippen molar-refractivity contribution >= 4 is 25.7 Å².